The number of hydrogen-bond acceptors (Lipinski definition) is 7. The van der Waals surface area contributed by atoms with Crippen molar-refractivity contribution in [2.24, 2.45) is 5.41 Å². The van der Waals surface area contributed by atoms with Gasteiger partial charge in [0.1, 0.15) is 12.2 Å². The summed E-state index contributed by atoms with van der Waals surface area (Å²) in [6, 6.07) is 1.35. The number of halogens is 1. The number of nitriles is 1. The molecule has 4 fully saturated rings. The molecule has 1 aliphatic heterocycles. The number of nitrogens with one attached hydrogen (secondary N) is 1. The summed E-state index contributed by atoms with van der Waals surface area (Å²) in [5.41, 5.74) is -0.466. The second kappa shape index (κ2) is 9.55. The van der Waals surface area contributed by atoms with E-state index in [4.69, 9.17) is 27.5 Å². The average molecular weight is 450 g/mol. The molecule has 10 nitrogen and oxygen atoms in total. The van der Waals surface area contributed by atoms with Crippen molar-refractivity contribution in [2.75, 3.05) is 19.7 Å². The lowest BCUT2D eigenvalue weighted by Gasteiger charge is -2.52. The van der Waals surface area contributed by atoms with Crippen molar-refractivity contribution in [3.8, 4) is 6.07 Å². The molecule has 30 heavy (non-hydrogen) atoms. The van der Waals surface area contributed by atoms with Gasteiger partial charge in [0.25, 0.3) is 0 Å². The van der Waals surface area contributed by atoms with Crippen molar-refractivity contribution in [2.45, 2.75) is 69.6 Å². The summed E-state index contributed by atoms with van der Waals surface area (Å²) in [6.45, 7) is 2.37. The van der Waals surface area contributed by atoms with Crippen LogP contribution in [0.1, 0.15) is 51.9 Å². The fourth-order valence-corrected chi connectivity index (χ4v) is 4.59. The molecule has 1 amide bonds. The lowest BCUT2D eigenvalue weighted by molar-refractivity contribution is -0.163. The summed E-state index contributed by atoms with van der Waals surface area (Å²) in [4.78, 5) is 26.0. The van der Waals surface area contributed by atoms with Gasteiger partial charge in [-0.15, -0.1) is 0 Å². The second-order valence-electron chi connectivity index (χ2n) is 8.11. The zero-order valence-electron chi connectivity index (χ0n) is 16.8. The number of amides is 1. The second-order valence-corrected chi connectivity index (χ2v) is 9.00. The largest absolute Gasteiger partial charge is 0.466 e. The van der Waals surface area contributed by atoms with Gasteiger partial charge in [-0.2, -0.15) is 13.7 Å². The van der Waals surface area contributed by atoms with Crippen LogP contribution in [0.15, 0.2) is 0 Å². The minimum absolute atomic E-state index is 0.0116. The molecule has 0 aromatic rings. The monoisotopic (exact) mass is 449 g/mol. The molecule has 0 radical (unpaired) electrons. The molecule has 0 unspecified atom stereocenters. The summed E-state index contributed by atoms with van der Waals surface area (Å²) in [5, 5.41) is 12.4. The Morgan fingerprint density at radius 3 is 2.23 bits per heavy atom. The highest BCUT2D eigenvalue weighted by Crippen LogP contribution is 2.52. The summed E-state index contributed by atoms with van der Waals surface area (Å²) < 4.78 is 50.3. The highest BCUT2D eigenvalue weighted by molar-refractivity contribution is 7.79. The maximum atomic E-state index is 13.5. The molecular weight excluding hydrogens is 421 g/mol. The zero-order chi connectivity index (χ0) is 22.6. The first-order valence-electron chi connectivity index (χ1n) is 9.89. The van der Waals surface area contributed by atoms with E-state index in [1.165, 1.54) is 4.90 Å². The first-order valence-corrected chi connectivity index (χ1v) is 11.3. The maximum absolute atomic E-state index is 13.5. The van der Waals surface area contributed by atoms with Gasteiger partial charge in [-0.1, -0.05) is 0 Å². The smallest absolute Gasteiger partial charge is 0.394 e. The third kappa shape index (κ3) is 6.10. The predicted octanol–water partition coefficient (Wildman–Crippen LogP) is 1.04. The van der Waals surface area contributed by atoms with E-state index in [1.807, 2.05) is 13.0 Å². The standard InChI is InChI=1S/C18H26FN3O3.H2O4S/c1-2-25-16(24)17-3-6-18(7-4-17,8-5-17)21-11-15(23)22-12-13(19)9-14(22)10-20;1-5(2,3)4/h13-14,21H,2-9,11-12H2,1H3;(H2,1,2,3,4)/t13-,14-,17?,18?;/m0./s1. The molecule has 12 heteroatoms. The number of likely N-dealkylation sites (tertiary alicyclic amines) is 1. The van der Waals surface area contributed by atoms with Gasteiger partial charge < -0.3 is 15.0 Å². The molecule has 0 aromatic heterocycles. The molecule has 3 aliphatic carbocycles. The maximum Gasteiger partial charge on any atom is 0.394 e. The molecule has 4 rings (SSSR count). The topological polar surface area (TPSA) is 157 Å². The van der Waals surface area contributed by atoms with Gasteiger partial charge in [0, 0.05) is 12.0 Å². The van der Waals surface area contributed by atoms with Crippen LogP contribution in [0, 0.1) is 16.7 Å². The Kier molecular flexibility index (Phi) is 7.79. The van der Waals surface area contributed by atoms with Crippen molar-refractivity contribution >= 4 is 22.3 Å². The van der Waals surface area contributed by atoms with Crippen LogP contribution in [0.2, 0.25) is 0 Å². The van der Waals surface area contributed by atoms with E-state index in [0.717, 1.165) is 38.5 Å². The molecule has 1 heterocycles. The molecule has 1 saturated heterocycles. The van der Waals surface area contributed by atoms with Crippen LogP contribution in [0.4, 0.5) is 4.39 Å². The number of carbonyl (C=O) groups is 2. The fraction of sp³-hybridized carbons (Fsp3) is 0.833. The molecule has 4 aliphatic rings. The number of esters is 1. The Bertz CT molecular complexity index is 766. The van der Waals surface area contributed by atoms with Crippen LogP contribution in [0.25, 0.3) is 0 Å². The Morgan fingerprint density at radius 1 is 1.23 bits per heavy atom. The van der Waals surface area contributed by atoms with E-state index >= 15 is 0 Å². The molecule has 170 valence electrons. The first kappa shape index (κ1) is 24.5. The van der Waals surface area contributed by atoms with E-state index in [9.17, 15) is 14.0 Å². The van der Waals surface area contributed by atoms with E-state index in [2.05, 4.69) is 5.32 Å². The van der Waals surface area contributed by atoms with Gasteiger partial charge in [0.15, 0.2) is 0 Å². The highest BCUT2D eigenvalue weighted by atomic mass is 32.3. The number of alkyl halides is 1. The normalized spacial score (nSPS) is 32.7. The van der Waals surface area contributed by atoms with Gasteiger partial charge in [0.05, 0.1) is 31.2 Å². The van der Waals surface area contributed by atoms with E-state index in [1.54, 1.807) is 0 Å². The summed E-state index contributed by atoms with van der Waals surface area (Å²) in [6.07, 6.45) is 3.86. The molecule has 0 spiro atoms. The minimum Gasteiger partial charge on any atom is -0.466 e. The Morgan fingerprint density at radius 2 is 1.77 bits per heavy atom. The van der Waals surface area contributed by atoms with Crippen LogP contribution >= 0.6 is 0 Å². The number of rotatable bonds is 5. The number of nitrogens with zero attached hydrogens (tertiary/aromatic N) is 2. The Hall–Kier alpha value is -1.81. The molecule has 2 bridgehead atoms. The third-order valence-corrected chi connectivity index (χ3v) is 6.29. The lowest BCUT2D eigenvalue weighted by Crippen LogP contribution is -2.58. The Labute approximate surface area is 175 Å². The molecule has 0 aromatic carbocycles. The molecule has 3 saturated carbocycles. The minimum atomic E-state index is -4.67. The number of ether oxygens (including phenoxy) is 1. The van der Waals surface area contributed by atoms with Gasteiger partial charge in [-0.05, 0) is 45.4 Å². The summed E-state index contributed by atoms with van der Waals surface area (Å²) in [5.74, 6) is -0.295. The number of hydrogen-bond donors (Lipinski definition) is 3. The Balaban J connectivity index is 0.000000575. The van der Waals surface area contributed by atoms with E-state index in [-0.39, 0.29) is 42.3 Å². The lowest BCUT2D eigenvalue weighted by atomic mass is 9.57. The quantitative estimate of drug-likeness (QED) is 0.412. The van der Waals surface area contributed by atoms with Crippen LogP contribution in [0.5, 0.6) is 0 Å². The average Bonchev–Trinajstić information content (AvgIpc) is 3.07. The van der Waals surface area contributed by atoms with Crippen LogP contribution in [-0.4, -0.2) is 71.7 Å². The van der Waals surface area contributed by atoms with Crippen LogP contribution < -0.4 is 5.32 Å². The van der Waals surface area contributed by atoms with Crippen molar-refractivity contribution in [1.29, 1.82) is 5.26 Å². The molecule has 3 N–H and O–H groups in total. The van der Waals surface area contributed by atoms with Crippen LogP contribution in [0.3, 0.4) is 0 Å². The first-order chi connectivity index (χ1) is 13.9. The van der Waals surface area contributed by atoms with E-state index in [0.29, 0.717) is 6.61 Å². The van der Waals surface area contributed by atoms with Crippen LogP contribution in [-0.2, 0) is 24.7 Å². The van der Waals surface area contributed by atoms with Gasteiger partial charge in [-0.3, -0.25) is 18.7 Å². The van der Waals surface area contributed by atoms with Gasteiger partial charge in [0.2, 0.25) is 5.91 Å². The summed E-state index contributed by atoms with van der Waals surface area (Å²) in [7, 11) is -4.67. The SMILES string of the molecule is CCOC(=O)C12CCC(NCC(=O)N3C[C@@H](F)C[C@H]3C#N)(CC1)CC2.O=S(=O)(O)O. The predicted molar refractivity (Wildman–Crippen MR) is 102 cm³/mol. The van der Waals surface area contributed by atoms with Gasteiger partial charge in [-0.25, -0.2) is 4.39 Å². The zero-order valence-corrected chi connectivity index (χ0v) is 17.7. The van der Waals surface area contributed by atoms with Gasteiger partial charge >= 0.3 is 16.4 Å². The molecular formula is C18H28FN3O7S. The van der Waals surface area contributed by atoms with Crippen molar-refractivity contribution in [1.82, 2.24) is 10.2 Å². The number of carbonyl (C=O) groups excluding carboxylic acids is 2. The third-order valence-electron chi connectivity index (χ3n) is 6.29. The fourth-order valence-electron chi connectivity index (χ4n) is 4.59. The number of fused-ring (bicyclic) bond motifs is 3. The molecule has 2 atom stereocenters. The van der Waals surface area contributed by atoms with Crippen molar-refractivity contribution in [3.63, 3.8) is 0 Å². The van der Waals surface area contributed by atoms with Crippen molar-refractivity contribution < 1.29 is 36.2 Å². The highest BCUT2D eigenvalue weighted by Gasteiger charge is 2.53. The van der Waals surface area contributed by atoms with Crippen molar-refractivity contribution in [3.05, 3.63) is 0 Å². The summed E-state index contributed by atoms with van der Waals surface area (Å²) >= 11 is 0. The van der Waals surface area contributed by atoms with E-state index < -0.39 is 22.6 Å².